The number of benzene rings is 2. The number of rotatable bonds is 4. The largest absolute Gasteiger partial charge is 0.344 e. The molecule has 0 amide bonds. The molecule has 0 radical (unpaired) electrons. The second kappa shape index (κ2) is 8.42. The van der Waals surface area contributed by atoms with Crippen LogP contribution in [0.25, 0.3) is 0 Å². The van der Waals surface area contributed by atoms with E-state index in [0.717, 1.165) is 0 Å². The van der Waals surface area contributed by atoms with E-state index in [1.165, 1.54) is 27.9 Å². The summed E-state index contributed by atoms with van der Waals surface area (Å²) in [4.78, 5) is 4.65. The highest BCUT2D eigenvalue weighted by Gasteiger charge is 2.43. The topological polar surface area (TPSA) is 6.48 Å². The van der Waals surface area contributed by atoms with Crippen LogP contribution in [-0.2, 0) is 5.41 Å². The molecular formula is C29H37FN2. The van der Waals surface area contributed by atoms with E-state index in [9.17, 15) is 4.39 Å². The van der Waals surface area contributed by atoms with Gasteiger partial charge in [0.15, 0.2) is 0 Å². The average molecular weight is 433 g/mol. The Kier molecular flexibility index (Phi) is 5.96. The van der Waals surface area contributed by atoms with Crippen molar-refractivity contribution in [2.24, 2.45) is 0 Å². The standard InChI is InChI=1S/C29H37FN2/c1-19(2)23-10-8-11-24(20(3)4)27(23)32-18-26-25(30)12-9-17-31(26)28(32)21-13-15-22(16-14-21)29(5,6)7/h8-17,19-20,26,28H,18H2,1-7H3. The first-order valence-corrected chi connectivity index (χ1v) is 11.9. The van der Waals surface area contributed by atoms with Crippen molar-refractivity contribution in [2.45, 2.75) is 77.9 Å². The summed E-state index contributed by atoms with van der Waals surface area (Å²) in [6.45, 7) is 16.4. The highest BCUT2D eigenvalue weighted by Crippen LogP contribution is 2.46. The fourth-order valence-electron chi connectivity index (χ4n) is 5.04. The first kappa shape index (κ1) is 22.6. The van der Waals surface area contributed by atoms with Crippen LogP contribution in [0.1, 0.15) is 88.7 Å². The van der Waals surface area contributed by atoms with Gasteiger partial charge in [0.05, 0.1) is 0 Å². The molecular weight excluding hydrogens is 395 g/mol. The molecule has 0 aliphatic carbocycles. The van der Waals surface area contributed by atoms with Gasteiger partial charge in [-0.2, -0.15) is 0 Å². The lowest BCUT2D eigenvalue weighted by molar-refractivity contribution is 0.277. The zero-order valence-electron chi connectivity index (χ0n) is 20.6. The highest BCUT2D eigenvalue weighted by atomic mass is 19.1. The summed E-state index contributed by atoms with van der Waals surface area (Å²) >= 11 is 0. The number of hydrogen-bond acceptors (Lipinski definition) is 2. The van der Waals surface area contributed by atoms with E-state index in [1.54, 1.807) is 6.08 Å². The summed E-state index contributed by atoms with van der Waals surface area (Å²) in [5.41, 5.74) is 6.56. The number of hydrogen-bond donors (Lipinski definition) is 0. The van der Waals surface area contributed by atoms with Crippen LogP contribution in [0.3, 0.4) is 0 Å². The third-order valence-electron chi connectivity index (χ3n) is 6.84. The third-order valence-corrected chi connectivity index (χ3v) is 6.84. The second-order valence-corrected chi connectivity index (χ2v) is 10.8. The van der Waals surface area contributed by atoms with Crippen molar-refractivity contribution < 1.29 is 4.39 Å². The fourth-order valence-corrected chi connectivity index (χ4v) is 5.04. The molecule has 2 aromatic carbocycles. The van der Waals surface area contributed by atoms with Gasteiger partial charge in [-0.3, -0.25) is 0 Å². The van der Waals surface area contributed by atoms with Gasteiger partial charge < -0.3 is 9.80 Å². The third kappa shape index (κ3) is 3.98. The Labute approximate surface area is 193 Å². The quantitative estimate of drug-likeness (QED) is 0.486. The van der Waals surface area contributed by atoms with Crippen LogP contribution in [0.4, 0.5) is 10.1 Å². The van der Waals surface area contributed by atoms with Crippen molar-refractivity contribution in [1.82, 2.24) is 4.90 Å². The Balaban J connectivity index is 1.88. The van der Waals surface area contributed by atoms with Gasteiger partial charge >= 0.3 is 0 Å². The van der Waals surface area contributed by atoms with Crippen molar-refractivity contribution >= 4 is 5.69 Å². The molecule has 2 atom stereocenters. The zero-order valence-corrected chi connectivity index (χ0v) is 20.6. The van der Waals surface area contributed by atoms with Gasteiger partial charge in [-0.15, -0.1) is 0 Å². The van der Waals surface area contributed by atoms with E-state index < -0.39 is 0 Å². The van der Waals surface area contributed by atoms with Crippen LogP contribution in [0, 0.1) is 0 Å². The predicted molar refractivity (Wildman–Crippen MR) is 134 cm³/mol. The molecule has 4 rings (SSSR count). The van der Waals surface area contributed by atoms with Gasteiger partial charge in [0.1, 0.15) is 18.0 Å². The van der Waals surface area contributed by atoms with Crippen LogP contribution in [0.5, 0.6) is 0 Å². The summed E-state index contributed by atoms with van der Waals surface area (Å²) in [6, 6.07) is 15.3. The second-order valence-electron chi connectivity index (χ2n) is 10.8. The van der Waals surface area contributed by atoms with E-state index in [2.05, 4.69) is 107 Å². The fraction of sp³-hybridized carbons (Fsp3) is 0.448. The van der Waals surface area contributed by atoms with Crippen molar-refractivity contribution in [2.75, 3.05) is 11.4 Å². The molecule has 2 nitrogen and oxygen atoms in total. The summed E-state index contributed by atoms with van der Waals surface area (Å²) in [5, 5.41) is 0. The molecule has 2 aromatic rings. The minimum absolute atomic E-state index is 0.0397. The molecule has 2 aliphatic rings. The normalized spacial score (nSPS) is 20.9. The number of nitrogens with zero attached hydrogens (tertiary/aromatic N) is 2. The minimum Gasteiger partial charge on any atom is -0.344 e. The molecule has 1 fully saturated rings. The maximum atomic E-state index is 15.0. The number of para-hydroxylation sites is 1. The van der Waals surface area contributed by atoms with Gasteiger partial charge in [-0.05, 0) is 51.7 Å². The Hall–Kier alpha value is -2.55. The van der Waals surface area contributed by atoms with Crippen LogP contribution < -0.4 is 4.90 Å². The van der Waals surface area contributed by atoms with Crippen molar-refractivity contribution in [3.63, 3.8) is 0 Å². The molecule has 0 aromatic heterocycles. The van der Waals surface area contributed by atoms with Gasteiger partial charge in [0.2, 0.25) is 0 Å². The van der Waals surface area contributed by atoms with E-state index in [-0.39, 0.29) is 23.4 Å². The molecule has 0 bridgehead atoms. The van der Waals surface area contributed by atoms with Crippen molar-refractivity contribution in [3.8, 4) is 0 Å². The van der Waals surface area contributed by atoms with Crippen molar-refractivity contribution in [1.29, 1.82) is 0 Å². The first-order valence-electron chi connectivity index (χ1n) is 11.9. The molecule has 0 N–H and O–H groups in total. The van der Waals surface area contributed by atoms with Gasteiger partial charge in [-0.25, -0.2) is 4.39 Å². The summed E-state index contributed by atoms with van der Waals surface area (Å²) in [7, 11) is 0. The Morgan fingerprint density at radius 3 is 2.03 bits per heavy atom. The Morgan fingerprint density at radius 1 is 0.906 bits per heavy atom. The maximum Gasteiger partial charge on any atom is 0.128 e. The van der Waals surface area contributed by atoms with Crippen molar-refractivity contribution in [3.05, 3.63) is 88.9 Å². The predicted octanol–water partition coefficient (Wildman–Crippen LogP) is 7.80. The highest BCUT2D eigenvalue weighted by molar-refractivity contribution is 5.64. The Bertz CT molecular complexity index is 998. The summed E-state index contributed by atoms with van der Waals surface area (Å²) in [5.74, 6) is 0.724. The molecule has 0 spiro atoms. The van der Waals surface area contributed by atoms with E-state index in [4.69, 9.17) is 0 Å². The molecule has 2 aliphatic heterocycles. The van der Waals surface area contributed by atoms with Crippen LogP contribution in [-0.4, -0.2) is 17.5 Å². The molecule has 2 heterocycles. The lowest BCUT2D eigenvalue weighted by Crippen LogP contribution is -2.32. The average Bonchev–Trinajstić information content (AvgIpc) is 3.13. The molecule has 2 unspecified atom stereocenters. The van der Waals surface area contributed by atoms with E-state index in [1.807, 2.05) is 6.08 Å². The van der Waals surface area contributed by atoms with E-state index in [0.29, 0.717) is 18.4 Å². The van der Waals surface area contributed by atoms with E-state index >= 15 is 0 Å². The number of allylic oxidation sites excluding steroid dienone is 2. The van der Waals surface area contributed by atoms with Gasteiger partial charge in [0, 0.05) is 18.4 Å². The number of halogens is 1. The summed E-state index contributed by atoms with van der Waals surface area (Å²) in [6.07, 6.45) is 5.47. The smallest absolute Gasteiger partial charge is 0.128 e. The lowest BCUT2D eigenvalue weighted by Gasteiger charge is -2.36. The molecule has 1 saturated heterocycles. The lowest BCUT2D eigenvalue weighted by atomic mass is 9.86. The van der Waals surface area contributed by atoms with Crippen LogP contribution in [0.2, 0.25) is 0 Å². The first-order chi connectivity index (χ1) is 15.1. The molecule has 170 valence electrons. The maximum absolute atomic E-state index is 15.0. The number of fused-ring (bicyclic) bond motifs is 1. The molecule has 3 heteroatoms. The molecule has 0 saturated carbocycles. The van der Waals surface area contributed by atoms with Crippen LogP contribution >= 0.6 is 0 Å². The van der Waals surface area contributed by atoms with Gasteiger partial charge in [0.25, 0.3) is 0 Å². The zero-order chi connectivity index (χ0) is 23.2. The minimum atomic E-state index is -0.257. The van der Waals surface area contributed by atoms with Crippen LogP contribution in [0.15, 0.2) is 66.6 Å². The summed E-state index contributed by atoms with van der Waals surface area (Å²) < 4.78 is 15.0. The SMILES string of the molecule is CC(C)c1cccc(C(C)C)c1N1CC2C(F)=CC=CN2C1c1ccc(C(C)(C)C)cc1. The monoisotopic (exact) mass is 432 g/mol. The number of anilines is 1. The van der Waals surface area contributed by atoms with Gasteiger partial charge in [-0.1, -0.05) is 90.9 Å². The molecule has 32 heavy (non-hydrogen) atoms. The Morgan fingerprint density at radius 2 is 1.50 bits per heavy atom.